The van der Waals surface area contributed by atoms with Gasteiger partial charge in [0.05, 0.1) is 0 Å². The topological polar surface area (TPSA) is 0 Å². The highest BCUT2D eigenvalue weighted by Crippen LogP contribution is 2.62. The van der Waals surface area contributed by atoms with Crippen LogP contribution in [-0.4, -0.2) is 0 Å². The molecule has 0 nitrogen and oxygen atoms in total. The lowest BCUT2D eigenvalue weighted by Gasteiger charge is -2.25. The van der Waals surface area contributed by atoms with Gasteiger partial charge in [-0.2, -0.15) is 0 Å². The zero-order chi connectivity index (χ0) is 63.2. The van der Waals surface area contributed by atoms with Gasteiger partial charge < -0.3 is 0 Å². The van der Waals surface area contributed by atoms with Crippen molar-refractivity contribution < 1.29 is 0 Å². The van der Waals surface area contributed by atoms with Gasteiger partial charge in [-0.25, -0.2) is 0 Å². The van der Waals surface area contributed by atoms with Crippen molar-refractivity contribution in [2.75, 3.05) is 0 Å². The highest BCUT2D eigenvalue weighted by Gasteiger charge is 2.43. The molecule has 1 fully saturated rings. The van der Waals surface area contributed by atoms with E-state index in [1.807, 2.05) is 41.5 Å². The fourth-order valence-corrected chi connectivity index (χ4v) is 11.9. The predicted octanol–water partition coefficient (Wildman–Crippen LogP) is 25.8. The van der Waals surface area contributed by atoms with Crippen LogP contribution < -0.4 is 0 Å². The molecule has 0 radical (unpaired) electrons. The van der Waals surface area contributed by atoms with E-state index in [9.17, 15) is 0 Å². The molecule has 2 atom stereocenters. The molecular formula is C84H112. The maximum atomic E-state index is 4.48. The molecule has 0 spiro atoms. The molecule has 0 aliphatic heterocycles. The smallest absolute Gasteiger partial charge is 0.0145 e. The molecule has 5 aromatic rings. The monoisotopic (exact) mass is 1120 g/mol. The Morgan fingerprint density at radius 3 is 1.43 bits per heavy atom. The van der Waals surface area contributed by atoms with Crippen LogP contribution in [0.25, 0.3) is 39.5 Å². The first-order valence-electron chi connectivity index (χ1n) is 32.0. The number of allylic oxidation sites excluding steroid dienone is 17. The molecule has 1 saturated carbocycles. The van der Waals surface area contributed by atoms with Crippen LogP contribution in [-0.2, 0) is 21.7 Å². The predicted molar refractivity (Wildman–Crippen MR) is 381 cm³/mol. The van der Waals surface area contributed by atoms with E-state index in [0.717, 1.165) is 24.8 Å². The fraction of sp³-hybridized carbons (Fsp3) is 0.405. The average molecular weight is 1120 g/mol. The Labute approximate surface area is 515 Å². The lowest BCUT2D eigenvalue weighted by Crippen LogP contribution is -2.11. The SMILES string of the molecule is C=CCC1C2=C3CC(C)/C(=C(\C(/C=C\C(=C)C)=C(C)C)c4ccc(C(C)(C)C)cc4)C3=CCC=C2c2c(-c3ccc(C(C)(C)C)cc3)c(/C=C\C=C/C)c(C)c(-c3ccc(C(C)(C)C)cc3)c21.CC.CC.CC.Cc1ccc(C(C)(C)C)cc1. The van der Waals surface area contributed by atoms with Crippen molar-refractivity contribution in [2.24, 2.45) is 5.92 Å². The average Bonchev–Trinajstić information content (AvgIpc) is 1.55. The second-order valence-electron chi connectivity index (χ2n) is 27.0. The zero-order valence-electron chi connectivity index (χ0n) is 57.6. The second-order valence-corrected chi connectivity index (χ2v) is 27.0. The lowest BCUT2D eigenvalue weighted by atomic mass is 9.78. The van der Waals surface area contributed by atoms with Crippen LogP contribution in [0, 0.1) is 19.8 Å². The summed E-state index contributed by atoms with van der Waals surface area (Å²) in [5.41, 5.74) is 31.5. The molecule has 0 aromatic heterocycles. The third-order valence-corrected chi connectivity index (χ3v) is 16.3. The molecule has 5 aromatic carbocycles. The summed E-state index contributed by atoms with van der Waals surface area (Å²) in [6.07, 6.45) is 23.4. The Balaban J connectivity index is 0.000000780. The van der Waals surface area contributed by atoms with Crippen LogP contribution in [0.3, 0.4) is 0 Å². The first-order valence-corrected chi connectivity index (χ1v) is 32.0. The number of aryl methyl sites for hydroxylation is 1. The van der Waals surface area contributed by atoms with Gasteiger partial charge in [0, 0.05) is 5.92 Å². The zero-order valence-corrected chi connectivity index (χ0v) is 57.6. The van der Waals surface area contributed by atoms with Gasteiger partial charge in [0.15, 0.2) is 0 Å². The van der Waals surface area contributed by atoms with Crippen LogP contribution >= 0.6 is 0 Å². The normalized spacial score (nSPS) is 16.3. The molecule has 0 bridgehead atoms. The molecule has 8 rings (SSSR count). The van der Waals surface area contributed by atoms with E-state index in [4.69, 9.17) is 0 Å². The van der Waals surface area contributed by atoms with Gasteiger partial charge >= 0.3 is 0 Å². The largest absolute Gasteiger partial charge is 0.103 e. The molecule has 0 heterocycles. The summed E-state index contributed by atoms with van der Waals surface area (Å²) in [5.74, 6) is 0.445. The number of hydrogen-bond acceptors (Lipinski definition) is 0. The highest BCUT2D eigenvalue weighted by atomic mass is 14.5. The lowest BCUT2D eigenvalue weighted by molar-refractivity contribution is 0.590. The van der Waals surface area contributed by atoms with E-state index in [-0.39, 0.29) is 27.6 Å². The van der Waals surface area contributed by atoms with E-state index in [0.29, 0.717) is 5.92 Å². The molecule has 0 N–H and O–H groups in total. The van der Waals surface area contributed by atoms with Crippen molar-refractivity contribution in [3.8, 4) is 22.3 Å². The van der Waals surface area contributed by atoms with Crippen LogP contribution in [0.1, 0.15) is 240 Å². The number of rotatable bonds is 10. The Bertz CT molecular complexity index is 3300. The van der Waals surface area contributed by atoms with Gasteiger partial charge in [-0.1, -0.05) is 307 Å². The second kappa shape index (κ2) is 30.0. The summed E-state index contributed by atoms with van der Waals surface area (Å²) >= 11 is 0. The molecule has 2 unspecified atom stereocenters. The summed E-state index contributed by atoms with van der Waals surface area (Å²) in [6, 6.07) is 37.2. The summed E-state index contributed by atoms with van der Waals surface area (Å²) in [4.78, 5) is 0. The summed E-state index contributed by atoms with van der Waals surface area (Å²) in [5, 5.41) is 0. The maximum Gasteiger partial charge on any atom is 0.0145 e. The highest BCUT2D eigenvalue weighted by molar-refractivity contribution is 6.05. The molecule has 0 amide bonds. The molecular weight excluding hydrogens is 1010 g/mol. The molecule has 448 valence electrons. The maximum absolute atomic E-state index is 4.48. The van der Waals surface area contributed by atoms with Crippen molar-refractivity contribution in [1.82, 2.24) is 0 Å². The van der Waals surface area contributed by atoms with E-state index >= 15 is 0 Å². The van der Waals surface area contributed by atoms with Crippen molar-refractivity contribution in [1.29, 1.82) is 0 Å². The van der Waals surface area contributed by atoms with Crippen LogP contribution in [0.5, 0.6) is 0 Å². The van der Waals surface area contributed by atoms with E-state index < -0.39 is 0 Å². The van der Waals surface area contributed by atoms with Crippen molar-refractivity contribution in [3.63, 3.8) is 0 Å². The quantitative estimate of drug-likeness (QED) is 0.0966. The van der Waals surface area contributed by atoms with Gasteiger partial charge in [-0.15, -0.1) is 6.58 Å². The minimum atomic E-state index is 0.0518. The van der Waals surface area contributed by atoms with E-state index in [1.54, 1.807) is 0 Å². The van der Waals surface area contributed by atoms with Crippen LogP contribution in [0.4, 0.5) is 0 Å². The number of fused-ring (bicyclic) bond motifs is 4. The fourth-order valence-electron chi connectivity index (χ4n) is 11.9. The van der Waals surface area contributed by atoms with Crippen LogP contribution in [0.15, 0.2) is 198 Å². The first-order chi connectivity index (χ1) is 39.6. The Hall–Kier alpha value is -6.50. The molecule has 0 saturated heterocycles. The minimum absolute atomic E-state index is 0.0518. The standard InChI is InChI=1S/C67H78.C11H16.3C2H6/c1-18-20-21-24-53-45(8)59(46-28-34-49(35-29-46)65(9,10)11)63-55(23-19-2)62-56(64(63)61(53)48-32-38-51(39-33-48)67(15,16)17)26-22-25-54-57(62)41-44(7)58(54)60(52(43(5)6)40-27-42(3)4)47-30-36-50(37-31-47)66(12,13)14;1-9-5-7-10(8-6-9)11(2,3)4;3*1-2/h18-21,24-40,44,55H,2-3,22-23,41H2,1,4-17H3;5-8H,1-4H3;3*1-2H3/b20-18-,24-21-,40-27-,60-58+;;;;. The van der Waals surface area contributed by atoms with E-state index in [2.05, 4.69) is 296 Å². The summed E-state index contributed by atoms with van der Waals surface area (Å²) < 4.78 is 0. The third kappa shape index (κ3) is 16.3. The Kier molecular flexibility index (Phi) is 25.0. The minimum Gasteiger partial charge on any atom is -0.103 e. The van der Waals surface area contributed by atoms with Gasteiger partial charge in [0.1, 0.15) is 0 Å². The van der Waals surface area contributed by atoms with Crippen molar-refractivity contribution in [2.45, 2.75) is 220 Å². The number of benzene rings is 5. The molecule has 3 aliphatic rings. The van der Waals surface area contributed by atoms with E-state index in [1.165, 1.54) is 122 Å². The molecule has 0 heteroatoms. The van der Waals surface area contributed by atoms with Gasteiger partial charge in [0.2, 0.25) is 0 Å². The van der Waals surface area contributed by atoms with Crippen LogP contribution in [0.2, 0.25) is 0 Å². The third-order valence-electron chi connectivity index (χ3n) is 16.3. The first kappa shape index (κ1) is 70.0. The Morgan fingerprint density at radius 2 is 1.00 bits per heavy atom. The van der Waals surface area contributed by atoms with Gasteiger partial charge in [-0.05, 0) is 200 Å². The van der Waals surface area contributed by atoms with Gasteiger partial charge in [-0.3, -0.25) is 0 Å². The Morgan fingerprint density at radius 1 is 0.560 bits per heavy atom. The summed E-state index contributed by atoms with van der Waals surface area (Å²) in [6.45, 7) is 63.9. The molecule has 84 heavy (non-hydrogen) atoms. The van der Waals surface area contributed by atoms with Crippen molar-refractivity contribution >= 4 is 17.2 Å². The van der Waals surface area contributed by atoms with Crippen molar-refractivity contribution in [3.05, 3.63) is 253 Å². The number of hydrogen-bond donors (Lipinski definition) is 0. The van der Waals surface area contributed by atoms with Gasteiger partial charge in [0.25, 0.3) is 0 Å². The summed E-state index contributed by atoms with van der Waals surface area (Å²) in [7, 11) is 0. The molecule has 3 aliphatic carbocycles.